The molecule has 4 heteroatoms. The second-order valence-corrected chi connectivity index (χ2v) is 3.80. The van der Waals surface area contributed by atoms with E-state index in [1.807, 2.05) is 19.0 Å². The summed E-state index contributed by atoms with van der Waals surface area (Å²) in [6.07, 6.45) is 1.96. The van der Waals surface area contributed by atoms with Gasteiger partial charge in [0.05, 0.1) is 19.2 Å². The number of amides is 1. The van der Waals surface area contributed by atoms with Gasteiger partial charge in [0.25, 0.3) is 0 Å². The molecule has 1 N–H and O–H groups in total. The molecule has 0 bridgehead atoms. The zero-order valence-electron chi connectivity index (χ0n) is 8.36. The third-order valence-corrected chi connectivity index (χ3v) is 2.36. The van der Waals surface area contributed by atoms with Gasteiger partial charge in [0, 0.05) is 6.54 Å². The fourth-order valence-corrected chi connectivity index (χ4v) is 1.72. The number of nitrogens with zero attached hydrogens (tertiary/aromatic N) is 2. The molecule has 1 heterocycles. The molecule has 0 aromatic heterocycles. The van der Waals surface area contributed by atoms with Crippen molar-refractivity contribution in [3.05, 3.63) is 0 Å². The first-order chi connectivity index (χ1) is 6.15. The van der Waals surface area contributed by atoms with Crippen LogP contribution in [0.2, 0.25) is 0 Å². The lowest BCUT2D eigenvalue weighted by Gasteiger charge is -2.24. The van der Waals surface area contributed by atoms with Crippen molar-refractivity contribution in [1.29, 1.82) is 0 Å². The van der Waals surface area contributed by atoms with Crippen LogP contribution in [0.25, 0.3) is 0 Å². The van der Waals surface area contributed by atoms with Gasteiger partial charge >= 0.3 is 0 Å². The first-order valence-electron chi connectivity index (χ1n) is 4.70. The summed E-state index contributed by atoms with van der Waals surface area (Å²) in [6.45, 7) is 1.34. The quantitative estimate of drug-likeness (QED) is 0.648. The highest BCUT2D eigenvalue weighted by Crippen LogP contribution is 2.16. The van der Waals surface area contributed by atoms with Crippen LogP contribution in [0.15, 0.2) is 0 Å². The van der Waals surface area contributed by atoms with Gasteiger partial charge in [0.2, 0.25) is 5.91 Å². The Morgan fingerprint density at radius 2 is 2.31 bits per heavy atom. The molecule has 0 aliphatic carbocycles. The molecular weight excluding hydrogens is 168 g/mol. The van der Waals surface area contributed by atoms with Gasteiger partial charge in [-0.25, -0.2) is 0 Å². The maximum atomic E-state index is 11.6. The first-order valence-corrected chi connectivity index (χ1v) is 4.70. The van der Waals surface area contributed by atoms with Crippen LogP contribution >= 0.6 is 0 Å². The second-order valence-electron chi connectivity index (χ2n) is 3.80. The number of carbonyl (C=O) groups is 1. The molecule has 0 radical (unpaired) electrons. The van der Waals surface area contributed by atoms with Gasteiger partial charge in [-0.15, -0.1) is 0 Å². The van der Waals surface area contributed by atoms with Crippen LogP contribution in [-0.4, -0.2) is 60.6 Å². The van der Waals surface area contributed by atoms with E-state index in [1.54, 1.807) is 4.90 Å². The zero-order valence-corrected chi connectivity index (χ0v) is 8.36. The molecule has 0 aromatic carbocycles. The first kappa shape index (κ1) is 10.5. The summed E-state index contributed by atoms with van der Waals surface area (Å²) in [5, 5.41) is 9.01. The Morgan fingerprint density at radius 3 is 2.85 bits per heavy atom. The van der Waals surface area contributed by atoms with E-state index in [1.165, 1.54) is 0 Å². The minimum absolute atomic E-state index is 0.0625. The maximum absolute atomic E-state index is 11.6. The molecule has 1 amide bonds. The van der Waals surface area contributed by atoms with E-state index >= 15 is 0 Å². The number of aliphatic hydroxyl groups is 1. The van der Waals surface area contributed by atoms with Gasteiger partial charge in [0.1, 0.15) is 0 Å². The van der Waals surface area contributed by atoms with Gasteiger partial charge in [-0.05, 0) is 26.9 Å². The minimum atomic E-state index is 0.0625. The Hall–Kier alpha value is -0.610. The summed E-state index contributed by atoms with van der Waals surface area (Å²) in [4.78, 5) is 15.2. The van der Waals surface area contributed by atoms with Crippen LogP contribution in [-0.2, 0) is 4.79 Å². The van der Waals surface area contributed by atoms with Gasteiger partial charge in [-0.3, -0.25) is 4.79 Å². The van der Waals surface area contributed by atoms with Crippen molar-refractivity contribution >= 4 is 5.91 Å². The van der Waals surface area contributed by atoms with Crippen molar-refractivity contribution in [2.75, 3.05) is 33.8 Å². The van der Waals surface area contributed by atoms with Gasteiger partial charge in [-0.1, -0.05) is 0 Å². The number of carbonyl (C=O) groups excluding carboxylic acids is 1. The summed E-state index contributed by atoms with van der Waals surface area (Å²) in [5.74, 6) is 0.126. The number of likely N-dealkylation sites (tertiary alicyclic amines) is 1. The predicted molar refractivity (Wildman–Crippen MR) is 50.4 cm³/mol. The summed E-state index contributed by atoms with van der Waals surface area (Å²) < 4.78 is 0. The molecule has 76 valence electrons. The Labute approximate surface area is 79.1 Å². The van der Waals surface area contributed by atoms with Crippen LogP contribution < -0.4 is 0 Å². The molecule has 0 aromatic rings. The number of hydrogen-bond acceptors (Lipinski definition) is 3. The van der Waals surface area contributed by atoms with Crippen molar-refractivity contribution in [2.45, 2.75) is 18.9 Å². The SMILES string of the molecule is CN(C)CC(=O)N1CCCC1CO. The highest BCUT2D eigenvalue weighted by molar-refractivity contribution is 5.78. The van der Waals surface area contributed by atoms with E-state index in [-0.39, 0.29) is 18.6 Å². The third-order valence-electron chi connectivity index (χ3n) is 2.36. The lowest BCUT2D eigenvalue weighted by atomic mass is 10.2. The Balaban J connectivity index is 2.45. The van der Waals surface area contributed by atoms with Crippen molar-refractivity contribution in [2.24, 2.45) is 0 Å². The highest BCUT2D eigenvalue weighted by atomic mass is 16.3. The van der Waals surface area contributed by atoms with Crippen molar-refractivity contribution in [1.82, 2.24) is 9.80 Å². The average molecular weight is 186 g/mol. The molecule has 1 unspecified atom stereocenters. The lowest BCUT2D eigenvalue weighted by molar-refractivity contribution is -0.133. The number of hydrogen-bond donors (Lipinski definition) is 1. The topological polar surface area (TPSA) is 43.8 Å². The fourth-order valence-electron chi connectivity index (χ4n) is 1.72. The summed E-state index contributed by atoms with van der Waals surface area (Å²) in [6, 6.07) is 0.0625. The number of likely N-dealkylation sites (N-methyl/N-ethyl adjacent to an activating group) is 1. The van der Waals surface area contributed by atoms with Gasteiger partial charge in [0.15, 0.2) is 0 Å². The van der Waals surface area contributed by atoms with Crippen LogP contribution in [0.1, 0.15) is 12.8 Å². The molecule has 1 fully saturated rings. The largest absolute Gasteiger partial charge is 0.394 e. The molecule has 0 spiro atoms. The third kappa shape index (κ3) is 2.67. The van der Waals surface area contributed by atoms with Crippen LogP contribution in [0.5, 0.6) is 0 Å². The van der Waals surface area contributed by atoms with Crippen molar-refractivity contribution in [3.8, 4) is 0 Å². The summed E-state index contributed by atoms with van der Waals surface area (Å²) in [5.41, 5.74) is 0. The van der Waals surface area contributed by atoms with E-state index in [0.29, 0.717) is 6.54 Å². The summed E-state index contributed by atoms with van der Waals surface area (Å²) in [7, 11) is 3.75. The molecule has 4 nitrogen and oxygen atoms in total. The normalized spacial score (nSPS) is 22.8. The molecule has 1 atom stereocenters. The van der Waals surface area contributed by atoms with Crippen LogP contribution in [0, 0.1) is 0 Å². The number of aliphatic hydroxyl groups excluding tert-OH is 1. The van der Waals surface area contributed by atoms with E-state index in [9.17, 15) is 4.79 Å². The second kappa shape index (κ2) is 4.58. The molecule has 13 heavy (non-hydrogen) atoms. The smallest absolute Gasteiger partial charge is 0.237 e. The predicted octanol–water partition coefficient (Wildman–Crippen LogP) is -0.469. The van der Waals surface area contributed by atoms with Crippen LogP contribution in [0.4, 0.5) is 0 Å². The molecule has 1 aliphatic heterocycles. The molecule has 0 saturated carbocycles. The number of rotatable bonds is 3. The Kier molecular flexibility index (Phi) is 3.69. The van der Waals surface area contributed by atoms with E-state index in [0.717, 1.165) is 19.4 Å². The Morgan fingerprint density at radius 1 is 1.62 bits per heavy atom. The van der Waals surface area contributed by atoms with Crippen molar-refractivity contribution in [3.63, 3.8) is 0 Å². The zero-order chi connectivity index (χ0) is 9.84. The minimum Gasteiger partial charge on any atom is -0.394 e. The maximum Gasteiger partial charge on any atom is 0.237 e. The Bertz CT molecular complexity index is 182. The van der Waals surface area contributed by atoms with E-state index in [4.69, 9.17) is 5.11 Å². The van der Waals surface area contributed by atoms with Crippen LogP contribution in [0.3, 0.4) is 0 Å². The average Bonchev–Trinajstić information content (AvgIpc) is 2.49. The summed E-state index contributed by atoms with van der Waals surface area (Å²) >= 11 is 0. The molecular formula is C9H18N2O2. The fraction of sp³-hybridized carbons (Fsp3) is 0.889. The van der Waals surface area contributed by atoms with Crippen molar-refractivity contribution < 1.29 is 9.90 Å². The lowest BCUT2D eigenvalue weighted by Crippen LogP contribution is -2.42. The molecule has 1 rings (SSSR count). The van der Waals surface area contributed by atoms with Gasteiger partial charge in [-0.2, -0.15) is 0 Å². The molecule has 1 aliphatic rings. The van der Waals surface area contributed by atoms with E-state index < -0.39 is 0 Å². The molecule has 1 saturated heterocycles. The standard InChI is InChI=1S/C9H18N2O2/c1-10(2)6-9(13)11-5-3-4-8(11)7-12/h8,12H,3-7H2,1-2H3. The monoisotopic (exact) mass is 186 g/mol. The van der Waals surface area contributed by atoms with E-state index in [2.05, 4.69) is 0 Å². The van der Waals surface area contributed by atoms with Gasteiger partial charge < -0.3 is 14.9 Å². The highest BCUT2D eigenvalue weighted by Gasteiger charge is 2.27.